The van der Waals surface area contributed by atoms with Crippen molar-refractivity contribution in [1.29, 1.82) is 0 Å². The van der Waals surface area contributed by atoms with Crippen LogP contribution in [0.1, 0.15) is 43.7 Å². The number of benzene rings is 1. The zero-order valence-corrected chi connectivity index (χ0v) is 20.3. The van der Waals surface area contributed by atoms with Gasteiger partial charge in [-0.05, 0) is 54.7 Å². The van der Waals surface area contributed by atoms with E-state index >= 15 is 0 Å². The molecule has 1 aromatic carbocycles. The molecule has 0 aliphatic heterocycles. The maximum atomic E-state index is 10.6. The van der Waals surface area contributed by atoms with Crippen LogP contribution in [-0.2, 0) is 0 Å². The third-order valence-corrected chi connectivity index (χ3v) is 5.95. The second kappa shape index (κ2) is 11.6. The highest BCUT2D eigenvalue weighted by Gasteiger charge is 2.24. The number of hydrogen-bond acceptors (Lipinski definition) is 5. The first-order valence-electron chi connectivity index (χ1n) is 11.6. The van der Waals surface area contributed by atoms with Gasteiger partial charge in [-0.3, -0.25) is 4.99 Å². The highest BCUT2D eigenvalue weighted by molar-refractivity contribution is 6.11. The first-order valence-corrected chi connectivity index (χ1v) is 11.6. The number of nitrogens with zero attached hydrogens (tertiary/aromatic N) is 3. The topological polar surface area (TPSA) is 60.8 Å². The van der Waals surface area contributed by atoms with E-state index < -0.39 is 0 Å². The van der Waals surface area contributed by atoms with Crippen LogP contribution in [0.5, 0.6) is 0 Å². The normalized spacial score (nSPS) is 19.5. The van der Waals surface area contributed by atoms with Crippen LogP contribution in [0.2, 0.25) is 0 Å². The number of pyridine rings is 1. The molecule has 0 radical (unpaired) electrons. The van der Waals surface area contributed by atoms with Gasteiger partial charge in [-0.25, -0.2) is 4.98 Å². The molecular weight excluding hydrogens is 408 g/mol. The Balaban J connectivity index is 2.05. The third-order valence-electron chi connectivity index (χ3n) is 5.95. The smallest absolute Gasteiger partial charge is 0.134 e. The number of aromatic nitrogens is 1. The van der Waals surface area contributed by atoms with Crippen molar-refractivity contribution in [3.05, 3.63) is 72.5 Å². The molecule has 1 saturated carbocycles. The van der Waals surface area contributed by atoms with E-state index in [9.17, 15) is 5.11 Å². The summed E-state index contributed by atoms with van der Waals surface area (Å²) in [4.78, 5) is 11.3. The summed E-state index contributed by atoms with van der Waals surface area (Å²) in [5.74, 6) is 0.782. The lowest BCUT2D eigenvalue weighted by Crippen LogP contribution is -2.36. The summed E-state index contributed by atoms with van der Waals surface area (Å²) in [7, 11) is 5.78. The largest absolute Gasteiger partial charge is 0.391 e. The summed E-state index contributed by atoms with van der Waals surface area (Å²) in [6, 6.07) is 12.5. The number of hydrogen-bond donors (Lipinski definition) is 2. The Morgan fingerprint density at radius 3 is 2.64 bits per heavy atom. The van der Waals surface area contributed by atoms with E-state index in [0.29, 0.717) is 0 Å². The van der Waals surface area contributed by atoms with Crippen molar-refractivity contribution < 1.29 is 5.11 Å². The lowest BCUT2D eigenvalue weighted by molar-refractivity contribution is 0.116. The Bertz CT molecular complexity index is 1050. The van der Waals surface area contributed by atoms with Gasteiger partial charge in [0, 0.05) is 44.7 Å². The first kappa shape index (κ1) is 24.5. The number of aliphatic hydroxyl groups is 1. The number of anilines is 1. The number of allylic oxidation sites excluding steroid dienone is 4. The van der Waals surface area contributed by atoms with E-state index in [1.165, 1.54) is 0 Å². The fraction of sp³-hybridized carbons (Fsp3) is 0.357. The molecule has 5 heteroatoms. The van der Waals surface area contributed by atoms with Crippen LogP contribution in [0.4, 0.5) is 5.82 Å². The van der Waals surface area contributed by atoms with Crippen LogP contribution in [0.15, 0.2) is 66.3 Å². The molecule has 2 unspecified atom stereocenters. The van der Waals surface area contributed by atoms with Crippen LogP contribution >= 0.6 is 0 Å². The fourth-order valence-electron chi connectivity index (χ4n) is 4.24. The van der Waals surface area contributed by atoms with E-state index in [0.717, 1.165) is 65.0 Å². The van der Waals surface area contributed by atoms with E-state index in [4.69, 9.17) is 4.98 Å². The molecule has 0 saturated heterocycles. The van der Waals surface area contributed by atoms with Gasteiger partial charge in [-0.1, -0.05) is 49.8 Å². The lowest BCUT2D eigenvalue weighted by Gasteiger charge is -2.29. The summed E-state index contributed by atoms with van der Waals surface area (Å²) in [6.45, 7) is 5.98. The Hall–Kier alpha value is -3.18. The number of aliphatic hydroxyl groups excluding tert-OH is 1. The summed E-state index contributed by atoms with van der Waals surface area (Å²) >= 11 is 0. The molecule has 2 atom stereocenters. The van der Waals surface area contributed by atoms with Gasteiger partial charge < -0.3 is 15.3 Å². The minimum absolute atomic E-state index is 0.00125. The molecule has 33 heavy (non-hydrogen) atoms. The van der Waals surface area contributed by atoms with Crippen molar-refractivity contribution in [2.75, 3.05) is 26.5 Å². The molecule has 0 bridgehead atoms. The van der Waals surface area contributed by atoms with Crippen LogP contribution in [0.25, 0.3) is 22.4 Å². The van der Waals surface area contributed by atoms with Crippen LogP contribution < -0.4 is 5.32 Å². The van der Waals surface area contributed by atoms with E-state index in [1.807, 2.05) is 56.4 Å². The summed E-state index contributed by atoms with van der Waals surface area (Å²) < 4.78 is 0. The molecule has 1 fully saturated rings. The average molecular weight is 445 g/mol. The maximum absolute atomic E-state index is 10.6. The Kier molecular flexibility index (Phi) is 8.61. The fourth-order valence-corrected chi connectivity index (χ4v) is 4.24. The van der Waals surface area contributed by atoms with Crippen molar-refractivity contribution in [3.8, 4) is 11.3 Å². The minimum atomic E-state index is -0.361. The SMILES string of the molecule is C=C/C(=C\N(C)C)c1cccc(-c2ccc(/C(C=NC)=C/C)c(NC3CCCCC3O)n2)c1. The highest BCUT2D eigenvalue weighted by Crippen LogP contribution is 2.30. The number of aliphatic imine (C=N–C) groups is 1. The van der Waals surface area contributed by atoms with Gasteiger partial charge in [0.2, 0.25) is 0 Å². The van der Waals surface area contributed by atoms with Crippen molar-refractivity contribution >= 4 is 23.2 Å². The molecule has 5 nitrogen and oxygen atoms in total. The molecule has 2 N–H and O–H groups in total. The van der Waals surface area contributed by atoms with Crippen molar-refractivity contribution in [1.82, 2.24) is 9.88 Å². The second-order valence-corrected chi connectivity index (χ2v) is 8.66. The lowest BCUT2D eigenvalue weighted by atomic mass is 9.92. The van der Waals surface area contributed by atoms with E-state index in [-0.39, 0.29) is 12.1 Å². The Morgan fingerprint density at radius 2 is 1.97 bits per heavy atom. The van der Waals surface area contributed by atoms with Crippen LogP contribution in [0.3, 0.4) is 0 Å². The molecule has 1 heterocycles. The van der Waals surface area contributed by atoms with Gasteiger partial charge in [0.05, 0.1) is 17.8 Å². The Labute approximate surface area is 198 Å². The number of rotatable bonds is 8. The molecule has 1 aromatic heterocycles. The first-order chi connectivity index (χ1) is 16.0. The second-order valence-electron chi connectivity index (χ2n) is 8.66. The maximum Gasteiger partial charge on any atom is 0.134 e. The van der Waals surface area contributed by atoms with Crippen molar-refractivity contribution in [2.45, 2.75) is 44.8 Å². The molecule has 3 rings (SSSR count). The molecule has 1 aliphatic carbocycles. The Morgan fingerprint density at radius 1 is 1.18 bits per heavy atom. The van der Waals surface area contributed by atoms with Crippen LogP contribution in [0, 0.1) is 0 Å². The molecule has 0 spiro atoms. The van der Waals surface area contributed by atoms with Gasteiger partial charge in [0.15, 0.2) is 0 Å². The predicted octanol–water partition coefficient (Wildman–Crippen LogP) is 5.66. The van der Waals surface area contributed by atoms with E-state index in [1.54, 1.807) is 7.05 Å². The molecule has 0 amide bonds. The molecule has 174 valence electrons. The summed E-state index contributed by atoms with van der Waals surface area (Å²) in [6.07, 6.45) is 11.4. The van der Waals surface area contributed by atoms with Gasteiger partial charge in [-0.15, -0.1) is 0 Å². The summed E-state index contributed by atoms with van der Waals surface area (Å²) in [5, 5.41) is 14.1. The van der Waals surface area contributed by atoms with Crippen molar-refractivity contribution in [3.63, 3.8) is 0 Å². The highest BCUT2D eigenvalue weighted by atomic mass is 16.3. The van der Waals surface area contributed by atoms with Crippen LogP contribution in [-0.4, -0.2) is 54.5 Å². The van der Waals surface area contributed by atoms with Gasteiger partial charge in [0.25, 0.3) is 0 Å². The van der Waals surface area contributed by atoms with Gasteiger partial charge in [0.1, 0.15) is 5.82 Å². The monoisotopic (exact) mass is 444 g/mol. The van der Waals surface area contributed by atoms with Gasteiger partial charge in [-0.2, -0.15) is 0 Å². The zero-order valence-electron chi connectivity index (χ0n) is 20.3. The standard InChI is InChI=1S/C28H36N4O/c1-6-20(18-29-3)24-15-16-25(30-28(24)31-26-13-8-9-14-27(26)33)23-12-10-11-22(17-23)21(7-2)19-32(4)5/h6-7,10-12,15-19,26-27,33H,2,8-9,13-14H2,1,3-5H3,(H,30,31)/b20-6+,21-19+,29-18?. The third kappa shape index (κ3) is 6.20. The zero-order chi connectivity index (χ0) is 23.8. The molecular formula is C28H36N4O. The quantitative estimate of drug-likeness (QED) is 0.408. The molecule has 1 aliphatic rings. The minimum Gasteiger partial charge on any atom is -0.391 e. The average Bonchev–Trinajstić information content (AvgIpc) is 2.82. The van der Waals surface area contributed by atoms with Crippen molar-refractivity contribution in [2.24, 2.45) is 4.99 Å². The summed E-state index contributed by atoms with van der Waals surface area (Å²) in [5.41, 5.74) is 6.04. The van der Waals surface area contributed by atoms with Gasteiger partial charge >= 0.3 is 0 Å². The number of nitrogens with one attached hydrogen (secondary N) is 1. The molecule has 2 aromatic rings. The predicted molar refractivity (Wildman–Crippen MR) is 141 cm³/mol. The van der Waals surface area contributed by atoms with E-state index in [2.05, 4.69) is 47.4 Å².